The van der Waals surface area contributed by atoms with Gasteiger partial charge in [0.25, 0.3) is 0 Å². The molecular formula is C24H31N7O. The first-order valence-corrected chi connectivity index (χ1v) is 11.1. The van der Waals surface area contributed by atoms with Gasteiger partial charge in [-0.25, -0.2) is 4.98 Å². The molecule has 1 saturated heterocycles. The summed E-state index contributed by atoms with van der Waals surface area (Å²) in [5.41, 5.74) is 15.1. The molecule has 3 aromatic rings. The number of nitrogens with one attached hydrogen (secondary N) is 2. The van der Waals surface area contributed by atoms with E-state index in [0.29, 0.717) is 30.6 Å². The fourth-order valence-electron chi connectivity index (χ4n) is 3.71. The third-order valence-electron chi connectivity index (χ3n) is 5.55. The topological polar surface area (TPSA) is 114 Å². The summed E-state index contributed by atoms with van der Waals surface area (Å²) in [5.74, 6) is 1.87. The Morgan fingerprint density at radius 1 is 0.938 bits per heavy atom. The summed E-state index contributed by atoms with van der Waals surface area (Å²) >= 11 is 0. The van der Waals surface area contributed by atoms with Gasteiger partial charge in [0, 0.05) is 24.5 Å². The fraction of sp³-hybridized carbons (Fsp3) is 0.333. The highest BCUT2D eigenvalue weighted by atomic mass is 16.5. The number of likely N-dealkylation sites (tertiary alicyclic amines) is 1. The molecule has 1 aliphatic rings. The normalized spacial score (nSPS) is 14.1. The molecular weight excluding hydrogens is 402 g/mol. The van der Waals surface area contributed by atoms with Crippen LogP contribution in [0.25, 0.3) is 0 Å². The van der Waals surface area contributed by atoms with Crippen LogP contribution >= 0.6 is 0 Å². The number of hydrogen-bond donors (Lipinski definition) is 4. The molecule has 6 N–H and O–H groups in total. The van der Waals surface area contributed by atoms with E-state index in [1.807, 2.05) is 48.5 Å². The number of benzene rings is 2. The average Bonchev–Trinajstić information content (AvgIpc) is 2.82. The Bertz CT molecular complexity index is 1000. The number of nitrogen functional groups attached to an aromatic ring is 2. The van der Waals surface area contributed by atoms with Gasteiger partial charge in [-0.2, -0.15) is 4.98 Å². The molecule has 8 heteroatoms. The zero-order chi connectivity index (χ0) is 22.2. The van der Waals surface area contributed by atoms with Crippen LogP contribution in [0.4, 0.5) is 28.8 Å². The van der Waals surface area contributed by atoms with Crippen molar-refractivity contribution >= 4 is 28.8 Å². The van der Waals surface area contributed by atoms with Gasteiger partial charge in [-0.1, -0.05) is 24.6 Å². The summed E-state index contributed by atoms with van der Waals surface area (Å²) in [6, 6.07) is 15.5. The van der Waals surface area contributed by atoms with Crippen molar-refractivity contribution in [2.75, 3.05) is 48.3 Å². The molecule has 0 atom stereocenters. The number of ether oxygens (including phenoxy) is 1. The lowest BCUT2D eigenvalue weighted by Crippen LogP contribution is -2.33. The van der Waals surface area contributed by atoms with Crippen LogP contribution in [0, 0.1) is 0 Å². The van der Waals surface area contributed by atoms with Crippen LogP contribution in [0.3, 0.4) is 0 Å². The monoisotopic (exact) mass is 433 g/mol. The zero-order valence-electron chi connectivity index (χ0n) is 18.3. The van der Waals surface area contributed by atoms with Crippen molar-refractivity contribution in [3.63, 3.8) is 0 Å². The molecule has 1 aliphatic heterocycles. The first-order chi connectivity index (χ1) is 15.7. The summed E-state index contributed by atoms with van der Waals surface area (Å²) in [5, 5.41) is 6.45. The smallest absolute Gasteiger partial charge is 0.229 e. The molecule has 8 nitrogen and oxygen atoms in total. The Morgan fingerprint density at radius 2 is 1.72 bits per heavy atom. The molecule has 168 valence electrons. The number of anilines is 5. The molecule has 0 saturated carbocycles. The summed E-state index contributed by atoms with van der Waals surface area (Å²) in [7, 11) is 0. The highest BCUT2D eigenvalue weighted by Gasteiger charge is 2.10. The van der Waals surface area contributed by atoms with Gasteiger partial charge >= 0.3 is 0 Å². The van der Waals surface area contributed by atoms with Gasteiger partial charge in [-0.15, -0.1) is 0 Å². The number of rotatable bonds is 9. The van der Waals surface area contributed by atoms with Crippen LogP contribution in [0.15, 0.2) is 54.7 Å². The number of nitrogens with zero attached hydrogens (tertiary/aromatic N) is 3. The Hall–Kier alpha value is -3.52. The lowest BCUT2D eigenvalue weighted by Gasteiger charge is -2.26. The number of para-hydroxylation sites is 1. The van der Waals surface area contributed by atoms with Crippen molar-refractivity contribution in [3.05, 3.63) is 60.3 Å². The average molecular weight is 434 g/mol. The minimum Gasteiger partial charge on any atom is -0.492 e. The van der Waals surface area contributed by atoms with Crippen LogP contribution in [-0.2, 0) is 6.54 Å². The minimum atomic E-state index is 0.460. The van der Waals surface area contributed by atoms with E-state index in [1.165, 1.54) is 32.4 Å². The maximum absolute atomic E-state index is 6.04. The number of nitrogens with two attached hydrogens (primary N) is 2. The van der Waals surface area contributed by atoms with E-state index in [4.69, 9.17) is 16.2 Å². The van der Waals surface area contributed by atoms with E-state index in [1.54, 1.807) is 6.20 Å². The van der Waals surface area contributed by atoms with Gasteiger partial charge < -0.3 is 26.8 Å². The largest absolute Gasteiger partial charge is 0.492 e. The van der Waals surface area contributed by atoms with E-state index >= 15 is 0 Å². The molecule has 4 rings (SSSR count). The number of piperidine rings is 1. The van der Waals surface area contributed by atoms with Crippen LogP contribution in [-0.4, -0.2) is 41.1 Å². The van der Waals surface area contributed by atoms with E-state index in [9.17, 15) is 0 Å². The predicted molar refractivity (Wildman–Crippen MR) is 130 cm³/mol. The van der Waals surface area contributed by atoms with Crippen LogP contribution < -0.4 is 26.8 Å². The molecule has 0 spiro atoms. The van der Waals surface area contributed by atoms with Crippen LogP contribution in [0.2, 0.25) is 0 Å². The van der Waals surface area contributed by atoms with Gasteiger partial charge in [0.1, 0.15) is 12.4 Å². The second kappa shape index (κ2) is 10.7. The van der Waals surface area contributed by atoms with Crippen LogP contribution in [0.5, 0.6) is 5.75 Å². The molecule has 0 aliphatic carbocycles. The molecule has 0 unspecified atom stereocenters. The van der Waals surface area contributed by atoms with Crippen molar-refractivity contribution < 1.29 is 4.74 Å². The SMILES string of the molecule is Nc1ccccc1CNc1nc(Nc2ccc(OCCN3CCCCC3)cc2)ncc1N. The third-order valence-corrected chi connectivity index (χ3v) is 5.55. The van der Waals surface area contributed by atoms with Gasteiger partial charge in [0.05, 0.1) is 11.9 Å². The van der Waals surface area contributed by atoms with Crippen molar-refractivity contribution in [1.29, 1.82) is 0 Å². The minimum absolute atomic E-state index is 0.460. The van der Waals surface area contributed by atoms with Crippen molar-refractivity contribution in [2.45, 2.75) is 25.8 Å². The molecule has 2 heterocycles. The maximum Gasteiger partial charge on any atom is 0.229 e. The Kier molecular flexibility index (Phi) is 7.24. The molecule has 0 amide bonds. The Balaban J connectivity index is 1.30. The standard InChI is InChI=1S/C24H31N7O/c25-21-7-3-2-6-18(21)16-27-23-22(26)17-28-24(30-23)29-19-8-10-20(11-9-19)32-15-14-31-12-4-1-5-13-31/h2-3,6-11,17H,1,4-5,12-16,25-26H2,(H2,27,28,29,30). The lowest BCUT2D eigenvalue weighted by molar-refractivity contribution is 0.183. The quantitative estimate of drug-likeness (QED) is 0.376. The van der Waals surface area contributed by atoms with E-state index in [2.05, 4.69) is 25.5 Å². The first-order valence-electron chi connectivity index (χ1n) is 11.1. The number of aromatic nitrogens is 2. The molecule has 1 aromatic heterocycles. The summed E-state index contributed by atoms with van der Waals surface area (Å²) in [6.45, 7) is 4.57. The Morgan fingerprint density at radius 3 is 2.50 bits per heavy atom. The van der Waals surface area contributed by atoms with E-state index in [0.717, 1.165) is 29.2 Å². The van der Waals surface area contributed by atoms with Gasteiger partial charge in [0.2, 0.25) is 5.95 Å². The van der Waals surface area contributed by atoms with Crippen molar-refractivity contribution in [1.82, 2.24) is 14.9 Å². The number of hydrogen-bond acceptors (Lipinski definition) is 8. The lowest BCUT2D eigenvalue weighted by atomic mass is 10.1. The van der Waals surface area contributed by atoms with E-state index in [-0.39, 0.29) is 0 Å². The highest BCUT2D eigenvalue weighted by molar-refractivity contribution is 5.64. The fourth-order valence-corrected chi connectivity index (χ4v) is 3.71. The predicted octanol–water partition coefficient (Wildman–Crippen LogP) is 3.86. The van der Waals surface area contributed by atoms with Crippen LogP contribution in [0.1, 0.15) is 24.8 Å². The second-order valence-electron chi connectivity index (χ2n) is 7.95. The highest BCUT2D eigenvalue weighted by Crippen LogP contribution is 2.22. The molecule has 32 heavy (non-hydrogen) atoms. The van der Waals surface area contributed by atoms with Crippen molar-refractivity contribution in [3.8, 4) is 5.75 Å². The zero-order valence-corrected chi connectivity index (χ0v) is 18.3. The van der Waals surface area contributed by atoms with Gasteiger partial charge in [-0.3, -0.25) is 4.90 Å². The third kappa shape index (κ3) is 6.01. The Labute approximate surface area is 189 Å². The summed E-state index contributed by atoms with van der Waals surface area (Å²) in [4.78, 5) is 11.2. The first kappa shape index (κ1) is 21.7. The summed E-state index contributed by atoms with van der Waals surface area (Å²) < 4.78 is 5.89. The molecule has 0 bridgehead atoms. The summed E-state index contributed by atoms with van der Waals surface area (Å²) in [6.07, 6.45) is 5.53. The second-order valence-corrected chi connectivity index (χ2v) is 7.95. The van der Waals surface area contributed by atoms with Gasteiger partial charge in [0.15, 0.2) is 5.82 Å². The van der Waals surface area contributed by atoms with E-state index < -0.39 is 0 Å². The van der Waals surface area contributed by atoms with Crippen molar-refractivity contribution in [2.24, 2.45) is 0 Å². The maximum atomic E-state index is 6.04. The van der Waals surface area contributed by atoms with Gasteiger partial charge in [-0.05, 0) is 61.8 Å². The molecule has 1 fully saturated rings. The molecule has 2 aromatic carbocycles. The molecule has 0 radical (unpaired) electrons.